The van der Waals surface area contributed by atoms with Crippen LogP contribution in [0.4, 0.5) is 11.6 Å². The Morgan fingerprint density at radius 1 is 1.29 bits per heavy atom. The highest BCUT2D eigenvalue weighted by molar-refractivity contribution is 6.30. The molecule has 1 saturated carbocycles. The summed E-state index contributed by atoms with van der Waals surface area (Å²) in [6.45, 7) is 1.97. The van der Waals surface area contributed by atoms with Gasteiger partial charge in [0, 0.05) is 29.1 Å². The van der Waals surface area contributed by atoms with E-state index in [0.29, 0.717) is 22.6 Å². The van der Waals surface area contributed by atoms with Gasteiger partial charge < -0.3 is 10.6 Å². The lowest BCUT2D eigenvalue weighted by molar-refractivity contribution is 0.0950. The van der Waals surface area contributed by atoms with Crippen molar-refractivity contribution in [3.05, 3.63) is 46.7 Å². The molecule has 1 aliphatic carbocycles. The van der Waals surface area contributed by atoms with Crippen LogP contribution in [-0.4, -0.2) is 21.9 Å². The normalized spacial score (nSPS) is 13.8. The summed E-state index contributed by atoms with van der Waals surface area (Å²) in [5.74, 6) is 0.311. The Bertz CT molecular complexity index is 668. The maximum absolute atomic E-state index is 11.8. The van der Waals surface area contributed by atoms with Gasteiger partial charge in [0.15, 0.2) is 0 Å². The number of carbonyl (C=O) groups is 1. The fourth-order valence-corrected chi connectivity index (χ4v) is 2.03. The van der Waals surface area contributed by atoms with Crippen molar-refractivity contribution in [2.24, 2.45) is 0 Å². The summed E-state index contributed by atoms with van der Waals surface area (Å²) in [4.78, 5) is 20.2. The van der Waals surface area contributed by atoms with Crippen molar-refractivity contribution in [2.45, 2.75) is 25.8 Å². The molecule has 2 aromatic rings. The molecule has 0 spiro atoms. The lowest BCUT2D eigenvalue weighted by Gasteiger charge is -2.09. The number of aromatic nitrogens is 2. The highest BCUT2D eigenvalue weighted by Crippen LogP contribution is 2.22. The minimum absolute atomic E-state index is 0.122. The minimum atomic E-state index is -0.122. The van der Waals surface area contributed by atoms with Gasteiger partial charge in [-0.2, -0.15) is 0 Å². The fourth-order valence-electron chi connectivity index (χ4n) is 1.86. The number of amides is 1. The first-order chi connectivity index (χ1) is 10.1. The zero-order valence-electron chi connectivity index (χ0n) is 11.6. The molecule has 1 fully saturated rings. The molecule has 0 radical (unpaired) electrons. The Labute approximate surface area is 127 Å². The van der Waals surface area contributed by atoms with E-state index in [1.54, 1.807) is 0 Å². The molecule has 1 aliphatic rings. The van der Waals surface area contributed by atoms with Crippen molar-refractivity contribution >= 4 is 29.1 Å². The van der Waals surface area contributed by atoms with E-state index in [0.717, 1.165) is 24.1 Å². The summed E-state index contributed by atoms with van der Waals surface area (Å²) in [6.07, 6.45) is 5.15. The van der Waals surface area contributed by atoms with Crippen LogP contribution in [0.2, 0.25) is 5.02 Å². The quantitative estimate of drug-likeness (QED) is 0.911. The summed E-state index contributed by atoms with van der Waals surface area (Å²) in [7, 11) is 0. The first-order valence-electron chi connectivity index (χ1n) is 6.78. The second kappa shape index (κ2) is 5.69. The summed E-state index contributed by atoms with van der Waals surface area (Å²) in [5.41, 5.74) is 2.35. The molecule has 0 bridgehead atoms. The molecule has 1 heterocycles. The molecule has 1 amide bonds. The Hall–Kier alpha value is -2.14. The highest BCUT2D eigenvalue weighted by Gasteiger charge is 2.24. The molecule has 21 heavy (non-hydrogen) atoms. The van der Waals surface area contributed by atoms with Crippen molar-refractivity contribution in [1.82, 2.24) is 15.3 Å². The van der Waals surface area contributed by atoms with Gasteiger partial charge in [-0.15, -0.1) is 0 Å². The zero-order chi connectivity index (χ0) is 14.8. The van der Waals surface area contributed by atoms with Crippen LogP contribution in [0, 0.1) is 6.92 Å². The number of carbonyl (C=O) groups excluding carboxylic acids is 1. The summed E-state index contributed by atoms with van der Waals surface area (Å²) >= 11 is 5.97. The first-order valence-corrected chi connectivity index (χ1v) is 7.16. The van der Waals surface area contributed by atoms with Gasteiger partial charge in [0.2, 0.25) is 5.95 Å². The predicted octanol–water partition coefficient (Wildman–Crippen LogP) is 3.07. The standard InChI is InChI=1S/C15H15ClN4O/c1-9-2-3-11(16)6-13(9)20-15-17-7-10(8-18-15)14(21)19-12-4-5-12/h2-3,6-8,12H,4-5H2,1H3,(H,19,21)(H,17,18,20). The van der Waals surface area contributed by atoms with E-state index in [2.05, 4.69) is 20.6 Å². The van der Waals surface area contributed by atoms with Gasteiger partial charge in [0.25, 0.3) is 5.91 Å². The third-order valence-corrected chi connectivity index (χ3v) is 3.51. The van der Waals surface area contributed by atoms with E-state index in [4.69, 9.17) is 11.6 Å². The third-order valence-electron chi connectivity index (χ3n) is 3.27. The molecular weight excluding hydrogens is 288 g/mol. The van der Waals surface area contributed by atoms with Crippen LogP contribution in [0.25, 0.3) is 0 Å². The monoisotopic (exact) mass is 302 g/mol. The van der Waals surface area contributed by atoms with Crippen LogP contribution in [0.1, 0.15) is 28.8 Å². The molecule has 0 unspecified atom stereocenters. The minimum Gasteiger partial charge on any atom is -0.349 e. The molecule has 2 N–H and O–H groups in total. The van der Waals surface area contributed by atoms with Crippen LogP contribution in [0.5, 0.6) is 0 Å². The van der Waals surface area contributed by atoms with Crippen LogP contribution in [0.3, 0.4) is 0 Å². The average Bonchev–Trinajstić information content (AvgIpc) is 3.27. The Morgan fingerprint density at radius 2 is 2.00 bits per heavy atom. The topological polar surface area (TPSA) is 66.9 Å². The number of nitrogens with zero attached hydrogens (tertiary/aromatic N) is 2. The number of anilines is 2. The summed E-state index contributed by atoms with van der Waals surface area (Å²) < 4.78 is 0. The Balaban J connectivity index is 1.71. The summed E-state index contributed by atoms with van der Waals surface area (Å²) in [5, 5.41) is 6.64. The molecule has 0 atom stereocenters. The SMILES string of the molecule is Cc1ccc(Cl)cc1Nc1ncc(C(=O)NC2CC2)cn1. The Kier molecular flexibility index (Phi) is 3.75. The molecule has 1 aromatic carbocycles. The molecule has 1 aromatic heterocycles. The van der Waals surface area contributed by atoms with Gasteiger partial charge in [-0.1, -0.05) is 17.7 Å². The number of benzene rings is 1. The van der Waals surface area contributed by atoms with E-state index in [-0.39, 0.29) is 5.91 Å². The lowest BCUT2D eigenvalue weighted by Crippen LogP contribution is -2.25. The molecule has 3 rings (SSSR count). The van der Waals surface area contributed by atoms with Crippen molar-refractivity contribution in [3.8, 4) is 0 Å². The molecule has 6 heteroatoms. The molecular formula is C15H15ClN4O. The van der Waals surface area contributed by atoms with Crippen LogP contribution in [0.15, 0.2) is 30.6 Å². The molecule has 5 nitrogen and oxygen atoms in total. The average molecular weight is 303 g/mol. The Morgan fingerprint density at radius 3 is 2.67 bits per heavy atom. The highest BCUT2D eigenvalue weighted by atomic mass is 35.5. The van der Waals surface area contributed by atoms with E-state index in [1.165, 1.54) is 12.4 Å². The second-order valence-corrected chi connectivity index (χ2v) is 5.56. The van der Waals surface area contributed by atoms with E-state index in [9.17, 15) is 4.79 Å². The second-order valence-electron chi connectivity index (χ2n) is 5.13. The van der Waals surface area contributed by atoms with Crippen molar-refractivity contribution in [3.63, 3.8) is 0 Å². The van der Waals surface area contributed by atoms with Crippen LogP contribution < -0.4 is 10.6 Å². The number of halogens is 1. The molecule has 0 saturated heterocycles. The maximum atomic E-state index is 11.8. The van der Waals surface area contributed by atoms with Gasteiger partial charge in [0.05, 0.1) is 5.56 Å². The number of hydrogen-bond acceptors (Lipinski definition) is 4. The molecule has 108 valence electrons. The van der Waals surface area contributed by atoms with E-state index in [1.807, 2.05) is 25.1 Å². The number of aryl methyl sites for hydroxylation is 1. The largest absolute Gasteiger partial charge is 0.349 e. The number of rotatable bonds is 4. The lowest BCUT2D eigenvalue weighted by atomic mass is 10.2. The summed E-state index contributed by atoms with van der Waals surface area (Å²) in [6, 6.07) is 5.88. The van der Waals surface area contributed by atoms with Gasteiger partial charge in [-0.3, -0.25) is 4.79 Å². The van der Waals surface area contributed by atoms with Gasteiger partial charge in [-0.25, -0.2) is 9.97 Å². The van der Waals surface area contributed by atoms with Crippen molar-refractivity contribution in [2.75, 3.05) is 5.32 Å². The fraction of sp³-hybridized carbons (Fsp3) is 0.267. The maximum Gasteiger partial charge on any atom is 0.254 e. The zero-order valence-corrected chi connectivity index (χ0v) is 12.3. The van der Waals surface area contributed by atoms with Gasteiger partial charge >= 0.3 is 0 Å². The molecule has 0 aliphatic heterocycles. The first kappa shape index (κ1) is 13.8. The predicted molar refractivity (Wildman–Crippen MR) is 82.0 cm³/mol. The van der Waals surface area contributed by atoms with Crippen molar-refractivity contribution < 1.29 is 4.79 Å². The van der Waals surface area contributed by atoms with Crippen LogP contribution in [-0.2, 0) is 0 Å². The smallest absolute Gasteiger partial charge is 0.254 e. The number of hydrogen-bond donors (Lipinski definition) is 2. The number of nitrogens with one attached hydrogen (secondary N) is 2. The van der Waals surface area contributed by atoms with E-state index < -0.39 is 0 Å². The van der Waals surface area contributed by atoms with Gasteiger partial charge in [-0.05, 0) is 37.5 Å². The third kappa shape index (κ3) is 3.49. The van der Waals surface area contributed by atoms with Crippen LogP contribution >= 0.6 is 11.6 Å². The van der Waals surface area contributed by atoms with Crippen molar-refractivity contribution in [1.29, 1.82) is 0 Å². The van der Waals surface area contributed by atoms with E-state index >= 15 is 0 Å². The van der Waals surface area contributed by atoms with Gasteiger partial charge in [0.1, 0.15) is 0 Å².